The summed E-state index contributed by atoms with van der Waals surface area (Å²) in [7, 11) is 1.71. The summed E-state index contributed by atoms with van der Waals surface area (Å²) in [4.78, 5) is 5.59. The average Bonchev–Trinajstić information content (AvgIpc) is 2.38. The number of hydroxylamine groups is 2. The van der Waals surface area contributed by atoms with Crippen LogP contribution < -0.4 is 4.72 Å². The van der Waals surface area contributed by atoms with Gasteiger partial charge in [0.05, 0.1) is 13.2 Å². The van der Waals surface area contributed by atoms with Gasteiger partial charge in [0.15, 0.2) is 0 Å². The second-order valence-corrected chi connectivity index (χ2v) is 9.54. The van der Waals surface area contributed by atoms with E-state index in [1.165, 1.54) is 0 Å². The number of alkyl halides is 1. The molecule has 1 aliphatic heterocycles. The summed E-state index contributed by atoms with van der Waals surface area (Å²) in [5.41, 5.74) is -0.260. The van der Waals surface area contributed by atoms with Crippen LogP contribution in [-0.4, -0.2) is 45.0 Å². The van der Waals surface area contributed by atoms with Gasteiger partial charge in [-0.3, -0.25) is 4.18 Å². The molecule has 0 aromatic carbocycles. The Labute approximate surface area is 148 Å². The van der Waals surface area contributed by atoms with E-state index in [1.807, 2.05) is 5.06 Å². The molecule has 0 aromatic rings. The van der Waals surface area contributed by atoms with Crippen molar-refractivity contribution < 1.29 is 13.2 Å². The standard InChI is InChI=1S/C16H31ClN2O3S/c1-15(2)10-13(11-16(3,4)19(15)21-5)18-23(20)22-14-8-6-12(17)7-9-14/h12-14,18H,6-11H2,1-5H3. The molecule has 1 aliphatic carbocycles. The second-order valence-electron chi connectivity index (χ2n) is 8.03. The highest BCUT2D eigenvalue weighted by Crippen LogP contribution is 2.38. The highest BCUT2D eigenvalue weighted by molar-refractivity contribution is 7.78. The van der Waals surface area contributed by atoms with Crippen LogP contribution in [0.4, 0.5) is 0 Å². The minimum atomic E-state index is -1.46. The summed E-state index contributed by atoms with van der Waals surface area (Å²) in [6, 6.07) is 0.136. The third-order valence-corrected chi connectivity index (χ3v) is 6.27. The molecular weight excluding hydrogens is 336 g/mol. The number of piperidine rings is 1. The van der Waals surface area contributed by atoms with Gasteiger partial charge in [0, 0.05) is 22.5 Å². The Hall–Kier alpha value is 0.280. The zero-order chi connectivity index (χ0) is 17.3. The van der Waals surface area contributed by atoms with Crippen molar-refractivity contribution in [1.29, 1.82) is 0 Å². The van der Waals surface area contributed by atoms with Crippen molar-refractivity contribution in [2.75, 3.05) is 7.11 Å². The fourth-order valence-corrected chi connectivity index (χ4v) is 5.43. The minimum Gasteiger partial charge on any atom is -0.301 e. The van der Waals surface area contributed by atoms with Crippen LogP contribution in [0.5, 0.6) is 0 Å². The van der Waals surface area contributed by atoms with Crippen molar-refractivity contribution in [3.8, 4) is 0 Å². The van der Waals surface area contributed by atoms with E-state index in [0.29, 0.717) is 0 Å². The molecule has 2 fully saturated rings. The van der Waals surface area contributed by atoms with Crippen LogP contribution in [0.3, 0.4) is 0 Å². The van der Waals surface area contributed by atoms with Crippen molar-refractivity contribution in [3.05, 3.63) is 0 Å². The van der Waals surface area contributed by atoms with Crippen molar-refractivity contribution in [3.63, 3.8) is 0 Å². The van der Waals surface area contributed by atoms with Gasteiger partial charge in [0.25, 0.3) is 0 Å². The van der Waals surface area contributed by atoms with Gasteiger partial charge in [0.1, 0.15) is 0 Å². The number of rotatable bonds is 5. The van der Waals surface area contributed by atoms with Gasteiger partial charge in [-0.05, 0) is 66.2 Å². The molecule has 0 spiro atoms. The average molecular weight is 367 g/mol. The van der Waals surface area contributed by atoms with E-state index in [-0.39, 0.29) is 28.6 Å². The molecule has 23 heavy (non-hydrogen) atoms. The molecule has 2 rings (SSSR count). The Kier molecular flexibility index (Phi) is 6.53. The maximum Gasteiger partial charge on any atom is 0.234 e. The zero-order valence-electron chi connectivity index (χ0n) is 14.9. The first-order valence-electron chi connectivity index (χ1n) is 8.47. The summed E-state index contributed by atoms with van der Waals surface area (Å²) in [6.07, 6.45) is 5.42. The molecule has 1 N–H and O–H groups in total. The summed E-state index contributed by atoms with van der Waals surface area (Å²) in [5, 5.41) is 2.29. The molecular formula is C16H31ClN2O3S. The quantitative estimate of drug-likeness (QED) is 0.758. The number of hydrogen-bond acceptors (Lipinski definition) is 4. The number of hydrogen-bond donors (Lipinski definition) is 1. The third-order valence-electron chi connectivity index (χ3n) is 4.86. The van der Waals surface area contributed by atoms with E-state index in [9.17, 15) is 4.21 Å². The van der Waals surface area contributed by atoms with Gasteiger partial charge in [-0.25, -0.2) is 8.93 Å². The zero-order valence-corrected chi connectivity index (χ0v) is 16.5. The maximum absolute atomic E-state index is 12.3. The maximum atomic E-state index is 12.3. The Balaban J connectivity index is 1.89. The SMILES string of the molecule is CON1C(C)(C)CC(NS(=O)OC2CCC(Cl)CC2)CC1(C)C. The molecule has 1 saturated heterocycles. The van der Waals surface area contributed by atoms with Crippen LogP contribution in [0.1, 0.15) is 66.2 Å². The second kappa shape index (κ2) is 7.67. The molecule has 0 radical (unpaired) electrons. The van der Waals surface area contributed by atoms with Crippen molar-refractivity contribution in [2.45, 2.75) is 94.8 Å². The van der Waals surface area contributed by atoms with E-state index < -0.39 is 11.3 Å². The van der Waals surface area contributed by atoms with Crippen LogP contribution in [0, 0.1) is 0 Å². The van der Waals surface area contributed by atoms with E-state index in [2.05, 4.69) is 32.4 Å². The summed E-state index contributed by atoms with van der Waals surface area (Å²) in [5.74, 6) is 0. The predicted molar refractivity (Wildman–Crippen MR) is 94.3 cm³/mol. The largest absolute Gasteiger partial charge is 0.301 e. The molecule has 1 heterocycles. The van der Waals surface area contributed by atoms with E-state index in [0.717, 1.165) is 38.5 Å². The molecule has 1 unspecified atom stereocenters. The van der Waals surface area contributed by atoms with Gasteiger partial charge in [0.2, 0.25) is 11.3 Å². The Morgan fingerprint density at radius 2 is 1.61 bits per heavy atom. The minimum absolute atomic E-state index is 0.0541. The van der Waals surface area contributed by atoms with Crippen LogP contribution in [-0.2, 0) is 20.3 Å². The highest BCUT2D eigenvalue weighted by Gasteiger charge is 2.46. The number of nitrogens with one attached hydrogen (secondary N) is 1. The molecule has 5 nitrogen and oxygen atoms in total. The van der Waals surface area contributed by atoms with Gasteiger partial charge in [-0.2, -0.15) is 5.06 Å². The fourth-order valence-electron chi connectivity index (χ4n) is 4.25. The first-order valence-corrected chi connectivity index (χ1v) is 9.99. The van der Waals surface area contributed by atoms with Gasteiger partial charge < -0.3 is 4.84 Å². The first-order chi connectivity index (χ1) is 10.6. The fraction of sp³-hybridized carbons (Fsp3) is 1.00. The van der Waals surface area contributed by atoms with Gasteiger partial charge >= 0.3 is 0 Å². The third kappa shape index (κ3) is 5.13. The van der Waals surface area contributed by atoms with E-state index in [4.69, 9.17) is 20.6 Å². The Bertz CT molecular complexity index is 408. The molecule has 1 atom stereocenters. The lowest BCUT2D eigenvalue weighted by molar-refractivity contribution is -0.266. The van der Waals surface area contributed by atoms with E-state index >= 15 is 0 Å². The lowest BCUT2D eigenvalue weighted by atomic mass is 9.79. The molecule has 1 saturated carbocycles. The first kappa shape index (κ1) is 19.6. The van der Waals surface area contributed by atoms with Crippen molar-refractivity contribution in [1.82, 2.24) is 9.79 Å². The molecule has 0 aromatic heterocycles. The van der Waals surface area contributed by atoms with Gasteiger partial charge in [-0.1, -0.05) is 0 Å². The highest BCUT2D eigenvalue weighted by atomic mass is 35.5. The number of nitrogens with zero attached hydrogens (tertiary/aromatic N) is 1. The summed E-state index contributed by atoms with van der Waals surface area (Å²) < 4.78 is 21.2. The summed E-state index contributed by atoms with van der Waals surface area (Å²) in [6.45, 7) is 8.60. The topological polar surface area (TPSA) is 50.8 Å². The molecule has 7 heteroatoms. The summed E-state index contributed by atoms with van der Waals surface area (Å²) >= 11 is 4.64. The van der Waals surface area contributed by atoms with Crippen LogP contribution in [0.25, 0.3) is 0 Å². The smallest absolute Gasteiger partial charge is 0.234 e. The normalized spacial score (nSPS) is 33.5. The lowest BCUT2D eigenvalue weighted by Crippen LogP contribution is -2.63. The Morgan fingerprint density at radius 3 is 2.09 bits per heavy atom. The monoisotopic (exact) mass is 366 g/mol. The van der Waals surface area contributed by atoms with Crippen LogP contribution in [0.15, 0.2) is 0 Å². The lowest BCUT2D eigenvalue weighted by Gasteiger charge is -2.53. The van der Waals surface area contributed by atoms with Gasteiger partial charge in [-0.15, -0.1) is 11.6 Å². The molecule has 0 bridgehead atoms. The van der Waals surface area contributed by atoms with E-state index in [1.54, 1.807) is 7.11 Å². The molecule has 0 amide bonds. The Morgan fingerprint density at radius 1 is 1.09 bits per heavy atom. The number of halogens is 1. The predicted octanol–water partition coefficient (Wildman–Crippen LogP) is 3.30. The van der Waals surface area contributed by atoms with Crippen molar-refractivity contribution >= 4 is 22.9 Å². The molecule has 2 aliphatic rings. The van der Waals surface area contributed by atoms with Crippen LogP contribution >= 0.6 is 11.6 Å². The molecule has 136 valence electrons. The van der Waals surface area contributed by atoms with Crippen molar-refractivity contribution in [2.24, 2.45) is 0 Å². The van der Waals surface area contributed by atoms with Crippen LogP contribution in [0.2, 0.25) is 0 Å².